The summed E-state index contributed by atoms with van der Waals surface area (Å²) in [4.78, 5) is 5.07. The summed E-state index contributed by atoms with van der Waals surface area (Å²) >= 11 is 0. The Bertz CT molecular complexity index is 234. The third-order valence-electron chi connectivity index (χ3n) is 4.75. The first-order valence-electron chi connectivity index (χ1n) is 8.03. The Morgan fingerprint density at radius 2 is 1.68 bits per heavy atom. The number of likely N-dealkylation sites (tertiary alicyclic amines) is 1. The molecule has 1 rings (SSSR count). The van der Waals surface area contributed by atoms with Crippen molar-refractivity contribution >= 4 is 0 Å². The van der Waals surface area contributed by atoms with E-state index in [1.54, 1.807) is 0 Å². The fourth-order valence-electron chi connectivity index (χ4n) is 2.91. The number of nitrogens with one attached hydrogen (secondary N) is 1. The largest absolute Gasteiger partial charge is 0.316 e. The summed E-state index contributed by atoms with van der Waals surface area (Å²) in [7, 11) is 4.55. The summed E-state index contributed by atoms with van der Waals surface area (Å²) < 4.78 is 0. The van der Waals surface area contributed by atoms with E-state index >= 15 is 0 Å². The highest BCUT2D eigenvalue weighted by Gasteiger charge is 2.26. The first kappa shape index (κ1) is 16.9. The minimum atomic E-state index is 0.660. The highest BCUT2D eigenvalue weighted by Crippen LogP contribution is 2.19. The van der Waals surface area contributed by atoms with Gasteiger partial charge >= 0.3 is 0 Å². The molecule has 0 radical (unpaired) electrons. The van der Waals surface area contributed by atoms with Crippen molar-refractivity contribution in [1.82, 2.24) is 15.1 Å². The van der Waals surface area contributed by atoms with E-state index in [4.69, 9.17) is 0 Å². The van der Waals surface area contributed by atoms with Gasteiger partial charge < -0.3 is 15.1 Å². The quantitative estimate of drug-likeness (QED) is 0.765. The van der Waals surface area contributed by atoms with Gasteiger partial charge in [0.05, 0.1) is 0 Å². The molecule has 0 spiro atoms. The van der Waals surface area contributed by atoms with E-state index < -0.39 is 0 Å². The Labute approximate surface area is 120 Å². The topological polar surface area (TPSA) is 18.5 Å². The second kappa shape index (κ2) is 8.23. The lowest BCUT2D eigenvalue weighted by Crippen LogP contribution is -2.48. The van der Waals surface area contributed by atoms with Crippen molar-refractivity contribution in [3.8, 4) is 0 Å². The van der Waals surface area contributed by atoms with Crippen LogP contribution in [-0.2, 0) is 0 Å². The average molecular weight is 269 g/mol. The lowest BCUT2D eigenvalue weighted by atomic mass is 9.97. The van der Waals surface area contributed by atoms with Gasteiger partial charge in [-0.3, -0.25) is 0 Å². The van der Waals surface area contributed by atoms with Crippen LogP contribution in [0.4, 0.5) is 0 Å². The van der Waals surface area contributed by atoms with Gasteiger partial charge in [-0.2, -0.15) is 0 Å². The summed E-state index contributed by atoms with van der Waals surface area (Å²) in [6.07, 6.45) is 2.65. The zero-order valence-corrected chi connectivity index (χ0v) is 13.9. The Kier molecular flexibility index (Phi) is 7.33. The Hall–Kier alpha value is -0.120. The van der Waals surface area contributed by atoms with Crippen LogP contribution in [-0.4, -0.2) is 62.2 Å². The first-order valence-corrected chi connectivity index (χ1v) is 8.03. The zero-order valence-electron chi connectivity index (χ0n) is 13.9. The van der Waals surface area contributed by atoms with E-state index in [9.17, 15) is 0 Å². The molecule has 0 aliphatic carbocycles. The van der Waals surface area contributed by atoms with Crippen LogP contribution in [0.15, 0.2) is 0 Å². The lowest BCUT2D eigenvalue weighted by Gasteiger charge is -2.40. The fraction of sp³-hybridized carbons (Fsp3) is 1.00. The summed E-state index contributed by atoms with van der Waals surface area (Å²) in [5.41, 5.74) is 0. The molecule has 0 aromatic rings. The molecule has 2 unspecified atom stereocenters. The Balaban J connectivity index is 2.32. The molecule has 1 N–H and O–H groups in total. The Morgan fingerprint density at radius 3 is 2.21 bits per heavy atom. The van der Waals surface area contributed by atoms with Crippen LogP contribution in [0.25, 0.3) is 0 Å². The maximum Gasteiger partial charge on any atom is 0.0119 e. The molecule has 3 nitrogen and oxygen atoms in total. The number of nitrogens with zero attached hydrogens (tertiary/aromatic N) is 2. The minimum Gasteiger partial charge on any atom is -0.316 e. The van der Waals surface area contributed by atoms with Gasteiger partial charge in [0, 0.05) is 12.1 Å². The van der Waals surface area contributed by atoms with Crippen molar-refractivity contribution in [2.24, 2.45) is 11.8 Å². The molecule has 1 fully saturated rings. The van der Waals surface area contributed by atoms with Gasteiger partial charge in [0.2, 0.25) is 0 Å². The summed E-state index contributed by atoms with van der Waals surface area (Å²) in [6.45, 7) is 14.1. The molecule has 1 saturated heterocycles. The highest BCUT2D eigenvalue weighted by molar-refractivity contribution is 4.82. The van der Waals surface area contributed by atoms with Crippen molar-refractivity contribution in [3.05, 3.63) is 0 Å². The van der Waals surface area contributed by atoms with Gasteiger partial charge in [0.15, 0.2) is 0 Å². The molecule has 1 heterocycles. The maximum absolute atomic E-state index is 3.60. The standard InChI is InChI=1S/C16H35N3/c1-13(2)11-17-12-14(3)15(4)19(6)16-7-9-18(5)10-8-16/h13-17H,7-12H2,1-6H3. The fourth-order valence-corrected chi connectivity index (χ4v) is 2.91. The van der Waals surface area contributed by atoms with Gasteiger partial charge in [-0.15, -0.1) is 0 Å². The van der Waals surface area contributed by atoms with Gasteiger partial charge in [-0.25, -0.2) is 0 Å². The van der Waals surface area contributed by atoms with E-state index in [-0.39, 0.29) is 0 Å². The van der Waals surface area contributed by atoms with Crippen LogP contribution in [0.5, 0.6) is 0 Å². The smallest absolute Gasteiger partial charge is 0.0119 e. The van der Waals surface area contributed by atoms with Crippen LogP contribution >= 0.6 is 0 Å². The summed E-state index contributed by atoms with van der Waals surface area (Å²) in [6, 6.07) is 1.44. The number of hydrogen-bond donors (Lipinski definition) is 1. The molecule has 0 saturated carbocycles. The summed E-state index contributed by atoms with van der Waals surface area (Å²) in [5, 5.41) is 3.60. The molecule has 0 bridgehead atoms. The number of hydrogen-bond acceptors (Lipinski definition) is 3. The van der Waals surface area contributed by atoms with Crippen LogP contribution in [0, 0.1) is 11.8 Å². The van der Waals surface area contributed by atoms with Crippen molar-refractivity contribution in [1.29, 1.82) is 0 Å². The molecule has 114 valence electrons. The monoisotopic (exact) mass is 269 g/mol. The van der Waals surface area contributed by atoms with Crippen LogP contribution in [0.2, 0.25) is 0 Å². The predicted octanol–water partition coefficient (Wildman–Crippen LogP) is 2.28. The lowest BCUT2D eigenvalue weighted by molar-refractivity contribution is 0.0898. The van der Waals surface area contributed by atoms with E-state index in [0.29, 0.717) is 12.0 Å². The van der Waals surface area contributed by atoms with Crippen molar-refractivity contribution in [2.75, 3.05) is 40.3 Å². The maximum atomic E-state index is 3.60. The SMILES string of the molecule is CC(C)CNCC(C)C(C)N(C)C1CCN(C)CC1. The molecule has 0 aromatic carbocycles. The van der Waals surface area contributed by atoms with Crippen molar-refractivity contribution < 1.29 is 0 Å². The molecule has 1 aliphatic rings. The second-order valence-corrected chi connectivity index (χ2v) is 6.97. The third kappa shape index (κ3) is 5.80. The van der Waals surface area contributed by atoms with Crippen LogP contribution in [0.3, 0.4) is 0 Å². The molecule has 19 heavy (non-hydrogen) atoms. The van der Waals surface area contributed by atoms with Gasteiger partial charge in [-0.05, 0) is 71.9 Å². The zero-order chi connectivity index (χ0) is 14.4. The molecule has 2 atom stereocenters. The first-order chi connectivity index (χ1) is 8.91. The molecule has 1 aliphatic heterocycles. The van der Waals surface area contributed by atoms with Crippen LogP contribution in [0.1, 0.15) is 40.5 Å². The van der Waals surface area contributed by atoms with Gasteiger partial charge in [0.1, 0.15) is 0 Å². The van der Waals surface area contributed by atoms with Gasteiger partial charge in [0.25, 0.3) is 0 Å². The summed E-state index contributed by atoms with van der Waals surface area (Å²) in [5.74, 6) is 1.46. The Morgan fingerprint density at radius 1 is 1.11 bits per heavy atom. The predicted molar refractivity (Wildman–Crippen MR) is 84.6 cm³/mol. The van der Waals surface area contributed by atoms with Gasteiger partial charge in [-0.1, -0.05) is 20.8 Å². The molecule has 0 amide bonds. The molecular formula is C16H35N3. The van der Waals surface area contributed by atoms with Crippen LogP contribution < -0.4 is 5.32 Å². The normalized spacial score (nSPS) is 22.1. The highest BCUT2D eigenvalue weighted by atomic mass is 15.2. The van der Waals surface area contributed by atoms with E-state index in [1.807, 2.05) is 0 Å². The molecular weight excluding hydrogens is 234 g/mol. The van der Waals surface area contributed by atoms with Crippen molar-refractivity contribution in [2.45, 2.75) is 52.6 Å². The third-order valence-corrected chi connectivity index (χ3v) is 4.75. The van der Waals surface area contributed by atoms with E-state index in [2.05, 4.69) is 56.9 Å². The number of rotatable bonds is 7. The average Bonchev–Trinajstić information content (AvgIpc) is 2.37. The van der Waals surface area contributed by atoms with Crippen molar-refractivity contribution in [3.63, 3.8) is 0 Å². The molecule has 3 heteroatoms. The van der Waals surface area contributed by atoms with E-state index in [0.717, 1.165) is 25.0 Å². The second-order valence-electron chi connectivity index (χ2n) is 6.97. The minimum absolute atomic E-state index is 0.660. The number of piperidine rings is 1. The molecule has 0 aromatic heterocycles. The van der Waals surface area contributed by atoms with E-state index in [1.165, 1.54) is 25.9 Å².